The van der Waals surface area contributed by atoms with Crippen molar-refractivity contribution in [1.82, 2.24) is 19.4 Å². The second-order valence-electron chi connectivity index (χ2n) is 12.1. The van der Waals surface area contributed by atoms with Crippen LogP contribution in [0.15, 0.2) is 29.2 Å². The van der Waals surface area contributed by atoms with Gasteiger partial charge in [0.25, 0.3) is 5.91 Å². The topological polar surface area (TPSA) is 120 Å². The molecule has 40 heavy (non-hydrogen) atoms. The molecule has 0 bridgehead atoms. The van der Waals surface area contributed by atoms with Crippen LogP contribution in [0.3, 0.4) is 0 Å². The van der Waals surface area contributed by atoms with Gasteiger partial charge in [0, 0.05) is 44.8 Å². The zero-order chi connectivity index (χ0) is 28.5. The van der Waals surface area contributed by atoms with E-state index in [9.17, 15) is 18.0 Å². The predicted octanol–water partition coefficient (Wildman–Crippen LogP) is 3.20. The monoisotopic (exact) mass is 572 g/mol. The average molecular weight is 573 g/mol. The number of carbonyl (C=O) groups is 2. The minimum absolute atomic E-state index is 0.0566. The Bertz CT molecular complexity index is 1370. The number of rotatable bonds is 8. The van der Waals surface area contributed by atoms with Crippen molar-refractivity contribution in [1.29, 1.82) is 0 Å². The Morgan fingerprint density at radius 2 is 1.93 bits per heavy atom. The molecule has 0 radical (unpaired) electrons. The summed E-state index contributed by atoms with van der Waals surface area (Å²) < 4.78 is 40.6. The molecule has 1 amide bonds. The number of sulfonamides is 1. The number of fused-ring (bicyclic) bond motifs is 1. The zero-order valence-corrected chi connectivity index (χ0v) is 24.5. The van der Waals surface area contributed by atoms with Gasteiger partial charge < -0.3 is 14.8 Å². The lowest BCUT2D eigenvalue weighted by Gasteiger charge is -2.36. The van der Waals surface area contributed by atoms with Crippen molar-refractivity contribution in [3.05, 3.63) is 46.8 Å². The minimum Gasteiger partial charge on any atom is -0.461 e. The lowest BCUT2D eigenvalue weighted by atomic mass is 9.76. The highest BCUT2D eigenvalue weighted by molar-refractivity contribution is 7.89. The molecule has 11 heteroatoms. The number of nitrogens with zero attached hydrogens (tertiary/aromatic N) is 3. The summed E-state index contributed by atoms with van der Waals surface area (Å²) in [6.07, 6.45) is 4.83. The SMILES string of the molecule is CCc1nn(CC(C)(C)COC(=O)c2cccc(S(=O)(=O)N3CCCC3)c2)c2c1C(=O)NCC1(CCOCC1)C2. The largest absolute Gasteiger partial charge is 0.461 e. The van der Waals surface area contributed by atoms with Crippen LogP contribution in [0.5, 0.6) is 0 Å². The number of hydrogen-bond donors (Lipinski definition) is 1. The van der Waals surface area contributed by atoms with Crippen molar-refractivity contribution < 1.29 is 27.5 Å². The summed E-state index contributed by atoms with van der Waals surface area (Å²) in [5.41, 5.74) is 2.04. The molecule has 2 aromatic rings. The van der Waals surface area contributed by atoms with Gasteiger partial charge in [-0.1, -0.05) is 26.8 Å². The Kier molecular flexibility index (Phi) is 8.09. The molecule has 0 unspecified atom stereocenters. The maximum atomic E-state index is 13.1. The minimum atomic E-state index is -3.63. The Balaban J connectivity index is 1.31. The molecular formula is C29H40N4O6S. The van der Waals surface area contributed by atoms with E-state index in [2.05, 4.69) is 5.32 Å². The molecule has 1 spiro atoms. The number of hydrogen-bond acceptors (Lipinski definition) is 7. The number of nitrogens with one attached hydrogen (secondary N) is 1. The molecule has 0 aliphatic carbocycles. The van der Waals surface area contributed by atoms with E-state index in [4.69, 9.17) is 14.6 Å². The second kappa shape index (κ2) is 11.3. The van der Waals surface area contributed by atoms with Gasteiger partial charge in [0.2, 0.25) is 10.0 Å². The van der Waals surface area contributed by atoms with E-state index in [1.807, 2.05) is 25.5 Å². The number of carbonyl (C=O) groups excluding carboxylic acids is 2. The van der Waals surface area contributed by atoms with Crippen LogP contribution in [-0.4, -0.2) is 73.8 Å². The predicted molar refractivity (Wildman–Crippen MR) is 149 cm³/mol. The van der Waals surface area contributed by atoms with Gasteiger partial charge in [-0.25, -0.2) is 13.2 Å². The molecule has 2 saturated heterocycles. The molecule has 1 aromatic heterocycles. The van der Waals surface area contributed by atoms with E-state index >= 15 is 0 Å². The maximum absolute atomic E-state index is 13.1. The average Bonchev–Trinajstić information content (AvgIpc) is 3.57. The smallest absolute Gasteiger partial charge is 0.338 e. The highest BCUT2D eigenvalue weighted by Gasteiger charge is 2.40. The van der Waals surface area contributed by atoms with Gasteiger partial charge in [-0.05, 0) is 62.1 Å². The van der Waals surface area contributed by atoms with Gasteiger partial charge >= 0.3 is 5.97 Å². The molecule has 4 heterocycles. The fourth-order valence-corrected chi connectivity index (χ4v) is 7.52. The summed E-state index contributed by atoms with van der Waals surface area (Å²) in [6, 6.07) is 6.07. The molecule has 10 nitrogen and oxygen atoms in total. The Hall–Kier alpha value is -2.76. The normalized spacial score (nSPS) is 19.7. The van der Waals surface area contributed by atoms with Gasteiger partial charge in [-0.15, -0.1) is 0 Å². The highest BCUT2D eigenvalue weighted by atomic mass is 32.2. The molecule has 3 aliphatic rings. The summed E-state index contributed by atoms with van der Waals surface area (Å²) in [5, 5.41) is 7.98. The molecule has 218 valence electrons. The first-order valence-electron chi connectivity index (χ1n) is 14.3. The number of aromatic nitrogens is 2. The molecule has 3 aliphatic heterocycles. The van der Waals surface area contributed by atoms with Crippen LogP contribution in [0, 0.1) is 10.8 Å². The van der Waals surface area contributed by atoms with Crippen molar-refractivity contribution in [3.63, 3.8) is 0 Å². The third kappa shape index (κ3) is 5.82. The quantitative estimate of drug-likeness (QED) is 0.483. The first-order chi connectivity index (χ1) is 19.0. The Morgan fingerprint density at radius 3 is 2.62 bits per heavy atom. The van der Waals surface area contributed by atoms with Gasteiger partial charge in [0.1, 0.15) is 0 Å². The van der Waals surface area contributed by atoms with E-state index in [-0.39, 0.29) is 28.4 Å². The van der Waals surface area contributed by atoms with Crippen LogP contribution in [0.4, 0.5) is 0 Å². The van der Waals surface area contributed by atoms with Crippen molar-refractivity contribution in [3.8, 4) is 0 Å². The van der Waals surface area contributed by atoms with Gasteiger partial charge in [-0.3, -0.25) is 9.48 Å². The third-order valence-electron chi connectivity index (χ3n) is 8.36. The van der Waals surface area contributed by atoms with Crippen molar-refractivity contribution in [2.45, 2.75) is 70.7 Å². The molecule has 5 rings (SSSR count). The number of benzene rings is 1. The molecule has 2 fully saturated rings. The van der Waals surface area contributed by atoms with Crippen molar-refractivity contribution in [2.24, 2.45) is 10.8 Å². The maximum Gasteiger partial charge on any atom is 0.338 e. The van der Waals surface area contributed by atoms with E-state index in [0.717, 1.165) is 43.5 Å². The van der Waals surface area contributed by atoms with Gasteiger partial charge in [0.15, 0.2) is 0 Å². The van der Waals surface area contributed by atoms with Crippen LogP contribution in [0.1, 0.15) is 78.6 Å². The summed E-state index contributed by atoms with van der Waals surface area (Å²) in [5.74, 6) is -0.643. The van der Waals surface area contributed by atoms with E-state index in [1.165, 1.54) is 16.4 Å². The zero-order valence-electron chi connectivity index (χ0n) is 23.7. The summed E-state index contributed by atoms with van der Waals surface area (Å²) in [4.78, 5) is 26.2. The lowest BCUT2D eigenvalue weighted by molar-refractivity contribution is 0.0145. The third-order valence-corrected chi connectivity index (χ3v) is 10.3. The van der Waals surface area contributed by atoms with E-state index in [0.29, 0.717) is 51.4 Å². The van der Waals surface area contributed by atoms with Crippen LogP contribution >= 0.6 is 0 Å². The Morgan fingerprint density at radius 1 is 1.20 bits per heavy atom. The fourth-order valence-electron chi connectivity index (χ4n) is 5.96. The fraction of sp³-hybridized carbons (Fsp3) is 0.621. The number of aryl methyl sites for hydroxylation is 1. The first-order valence-corrected chi connectivity index (χ1v) is 15.7. The standard InChI is InChI=1S/C29H40N4O6S/c1-4-23-25-24(17-29(18-30-26(25)34)10-14-38-15-11-29)33(31-23)19-28(2,3)20-39-27(35)21-8-7-9-22(16-21)40(36,37)32-12-5-6-13-32/h7-9,16H,4-6,10-15,17-20H2,1-3H3,(H,30,34). The van der Waals surface area contributed by atoms with Crippen LogP contribution < -0.4 is 5.32 Å². The van der Waals surface area contributed by atoms with Crippen molar-refractivity contribution in [2.75, 3.05) is 39.5 Å². The summed E-state index contributed by atoms with van der Waals surface area (Å²) in [6.45, 7) is 9.55. The first kappa shape index (κ1) is 28.8. The van der Waals surface area contributed by atoms with E-state index < -0.39 is 21.4 Å². The highest BCUT2D eigenvalue weighted by Crippen LogP contribution is 2.38. The number of amides is 1. The Labute approximate surface area is 236 Å². The lowest BCUT2D eigenvalue weighted by Crippen LogP contribution is -2.41. The summed E-state index contributed by atoms with van der Waals surface area (Å²) >= 11 is 0. The van der Waals surface area contributed by atoms with Gasteiger partial charge in [-0.2, -0.15) is 9.40 Å². The molecule has 0 saturated carbocycles. The second-order valence-corrected chi connectivity index (χ2v) is 14.1. The molecule has 0 atom stereocenters. The van der Waals surface area contributed by atoms with Gasteiger partial charge in [0.05, 0.1) is 34.0 Å². The molecular weight excluding hydrogens is 532 g/mol. The molecule has 1 aromatic carbocycles. The van der Waals surface area contributed by atoms with Crippen LogP contribution in [0.25, 0.3) is 0 Å². The number of esters is 1. The van der Waals surface area contributed by atoms with Crippen LogP contribution in [-0.2, 0) is 38.9 Å². The summed E-state index contributed by atoms with van der Waals surface area (Å²) in [7, 11) is -3.63. The number of ether oxygens (including phenoxy) is 2. The van der Waals surface area contributed by atoms with Crippen LogP contribution in [0.2, 0.25) is 0 Å². The van der Waals surface area contributed by atoms with E-state index in [1.54, 1.807) is 12.1 Å². The van der Waals surface area contributed by atoms with Crippen molar-refractivity contribution >= 4 is 21.9 Å². The molecule has 1 N–H and O–H groups in total.